The zero-order chi connectivity index (χ0) is 26.1. The van der Waals surface area contributed by atoms with Crippen molar-refractivity contribution in [3.63, 3.8) is 0 Å². The fourth-order valence-electron chi connectivity index (χ4n) is 5.08. The van der Waals surface area contributed by atoms with E-state index in [0.717, 1.165) is 31.7 Å². The minimum absolute atomic E-state index is 0.0598. The lowest BCUT2D eigenvalue weighted by atomic mass is 9.98. The van der Waals surface area contributed by atoms with Crippen LogP contribution in [0.2, 0.25) is 0 Å². The fraction of sp³-hybridized carbons (Fsp3) is 0.464. The Morgan fingerprint density at radius 3 is 1.86 bits per heavy atom. The third kappa shape index (κ3) is 5.91. The molecule has 9 nitrogen and oxygen atoms in total. The first-order valence-electron chi connectivity index (χ1n) is 13.2. The topological polar surface area (TPSA) is 103 Å². The first-order chi connectivity index (χ1) is 18.1. The lowest BCUT2D eigenvalue weighted by molar-refractivity contribution is -0.171. The number of fused-ring (bicyclic) bond motifs is 1. The van der Waals surface area contributed by atoms with Crippen molar-refractivity contribution in [2.24, 2.45) is 0 Å². The number of ether oxygens (including phenoxy) is 1. The summed E-state index contributed by atoms with van der Waals surface area (Å²) in [6.07, 6.45) is 0.850. The van der Waals surface area contributed by atoms with Crippen LogP contribution in [0.1, 0.15) is 46.0 Å². The Kier molecular flexibility index (Phi) is 9.40. The third-order valence-electron chi connectivity index (χ3n) is 6.90. The van der Waals surface area contributed by atoms with E-state index in [1.54, 1.807) is 24.3 Å². The SMILES string of the molecule is CCCC(C(=O)OCc1ccccc1)(N1CCNCCNCCNCC1)N1C(=O)c2ccccc2C1=O. The van der Waals surface area contributed by atoms with Gasteiger partial charge in [-0.1, -0.05) is 55.8 Å². The van der Waals surface area contributed by atoms with Gasteiger partial charge < -0.3 is 20.7 Å². The van der Waals surface area contributed by atoms with E-state index >= 15 is 0 Å². The van der Waals surface area contributed by atoms with Gasteiger partial charge in [0.1, 0.15) is 6.61 Å². The number of nitrogens with zero attached hydrogens (tertiary/aromatic N) is 2. The Morgan fingerprint density at radius 2 is 1.32 bits per heavy atom. The summed E-state index contributed by atoms with van der Waals surface area (Å²) in [6.45, 7) is 7.37. The van der Waals surface area contributed by atoms with Crippen LogP contribution in [0.25, 0.3) is 0 Å². The number of rotatable bonds is 7. The van der Waals surface area contributed by atoms with Crippen LogP contribution in [0, 0.1) is 0 Å². The molecule has 198 valence electrons. The van der Waals surface area contributed by atoms with E-state index in [9.17, 15) is 14.4 Å². The molecule has 4 rings (SSSR count). The van der Waals surface area contributed by atoms with Gasteiger partial charge in [-0.2, -0.15) is 0 Å². The summed E-state index contributed by atoms with van der Waals surface area (Å²) in [7, 11) is 0. The van der Waals surface area contributed by atoms with Gasteiger partial charge in [0.05, 0.1) is 11.1 Å². The average molecular weight is 508 g/mol. The number of imide groups is 1. The standard InChI is InChI=1S/C28H37N5O4/c1-2-12-28(27(36)37-21-22-8-4-3-5-9-22,32-19-17-30-15-13-29-14-16-31-18-20-32)33-25(34)23-10-6-7-11-24(23)26(33)35/h3-11,29-31H,2,12-21H2,1H3. The molecule has 1 unspecified atom stereocenters. The number of nitrogens with one attached hydrogen (secondary N) is 3. The second-order valence-corrected chi connectivity index (χ2v) is 9.36. The number of hydrogen-bond acceptors (Lipinski definition) is 8. The van der Waals surface area contributed by atoms with E-state index in [0.29, 0.717) is 43.7 Å². The summed E-state index contributed by atoms with van der Waals surface area (Å²) < 4.78 is 5.90. The highest BCUT2D eigenvalue weighted by atomic mass is 16.5. The lowest BCUT2D eigenvalue weighted by Crippen LogP contribution is -2.69. The molecular weight excluding hydrogens is 470 g/mol. The van der Waals surface area contributed by atoms with E-state index < -0.39 is 23.4 Å². The number of benzene rings is 2. The molecule has 2 aliphatic heterocycles. The minimum Gasteiger partial charge on any atom is -0.458 e. The molecule has 0 aliphatic carbocycles. The van der Waals surface area contributed by atoms with E-state index in [1.165, 1.54) is 4.90 Å². The summed E-state index contributed by atoms with van der Waals surface area (Å²) in [5.74, 6) is -1.50. The average Bonchev–Trinajstić information content (AvgIpc) is 3.17. The molecule has 2 heterocycles. The van der Waals surface area contributed by atoms with Crippen LogP contribution in [0.15, 0.2) is 54.6 Å². The Balaban J connectivity index is 1.73. The van der Waals surface area contributed by atoms with Gasteiger partial charge in [0.2, 0.25) is 5.66 Å². The van der Waals surface area contributed by atoms with Crippen molar-refractivity contribution in [1.82, 2.24) is 25.8 Å². The molecular formula is C28H37N5O4. The van der Waals surface area contributed by atoms with Crippen LogP contribution in [0.4, 0.5) is 0 Å². The van der Waals surface area contributed by atoms with Crippen LogP contribution >= 0.6 is 0 Å². The van der Waals surface area contributed by atoms with Crippen molar-refractivity contribution in [2.75, 3.05) is 52.4 Å². The Morgan fingerprint density at radius 1 is 0.811 bits per heavy atom. The molecule has 0 bridgehead atoms. The molecule has 9 heteroatoms. The molecule has 3 N–H and O–H groups in total. The molecule has 0 saturated carbocycles. The molecule has 37 heavy (non-hydrogen) atoms. The van der Waals surface area contributed by atoms with E-state index in [2.05, 4.69) is 16.0 Å². The highest BCUT2D eigenvalue weighted by molar-refractivity contribution is 6.23. The van der Waals surface area contributed by atoms with Gasteiger partial charge in [0.15, 0.2) is 0 Å². The van der Waals surface area contributed by atoms with Crippen molar-refractivity contribution in [3.8, 4) is 0 Å². The molecule has 2 aromatic carbocycles. The zero-order valence-electron chi connectivity index (χ0n) is 21.5. The van der Waals surface area contributed by atoms with Crippen LogP contribution in [-0.2, 0) is 16.1 Å². The quantitative estimate of drug-likeness (QED) is 0.384. The molecule has 1 atom stereocenters. The predicted molar refractivity (Wildman–Crippen MR) is 141 cm³/mol. The van der Waals surface area contributed by atoms with Crippen LogP contribution in [-0.4, -0.2) is 85.6 Å². The van der Waals surface area contributed by atoms with Crippen LogP contribution < -0.4 is 16.0 Å². The van der Waals surface area contributed by atoms with Gasteiger partial charge in [-0.15, -0.1) is 0 Å². The van der Waals surface area contributed by atoms with Crippen LogP contribution in [0.3, 0.4) is 0 Å². The van der Waals surface area contributed by atoms with Gasteiger partial charge in [-0.25, -0.2) is 9.69 Å². The number of esters is 1. The first kappa shape index (κ1) is 26.9. The second-order valence-electron chi connectivity index (χ2n) is 9.36. The Labute approximate surface area is 218 Å². The van der Waals surface area contributed by atoms with E-state index in [1.807, 2.05) is 42.2 Å². The second kappa shape index (κ2) is 12.9. The van der Waals surface area contributed by atoms with Crippen molar-refractivity contribution >= 4 is 17.8 Å². The maximum Gasteiger partial charge on any atom is 0.348 e. The van der Waals surface area contributed by atoms with Gasteiger partial charge in [-0.3, -0.25) is 14.5 Å². The van der Waals surface area contributed by atoms with E-state index in [4.69, 9.17) is 4.74 Å². The van der Waals surface area contributed by atoms with Gasteiger partial charge in [0.25, 0.3) is 11.8 Å². The molecule has 0 aromatic heterocycles. The molecule has 1 fully saturated rings. The first-order valence-corrected chi connectivity index (χ1v) is 13.2. The molecule has 2 amide bonds. The predicted octanol–water partition coefficient (Wildman–Crippen LogP) is 1.61. The smallest absolute Gasteiger partial charge is 0.348 e. The number of amides is 2. The third-order valence-corrected chi connectivity index (χ3v) is 6.90. The maximum atomic E-state index is 14.2. The largest absolute Gasteiger partial charge is 0.458 e. The van der Waals surface area contributed by atoms with E-state index in [-0.39, 0.29) is 13.0 Å². The monoisotopic (exact) mass is 507 g/mol. The van der Waals surface area contributed by atoms with Crippen molar-refractivity contribution in [1.29, 1.82) is 0 Å². The fourth-order valence-corrected chi connectivity index (χ4v) is 5.08. The Hall–Kier alpha value is -3.11. The van der Waals surface area contributed by atoms with Gasteiger partial charge in [-0.05, 0) is 24.1 Å². The minimum atomic E-state index is -1.57. The van der Waals surface area contributed by atoms with Crippen molar-refractivity contribution < 1.29 is 19.1 Å². The summed E-state index contributed by atoms with van der Waals surface area (Å²) in [4.78, 5) is 44.8. The van der Waals surface area contributed by atoms with Gasteiger partial charge in [0, 0.05) is 52.4 Å². The molecule has 2 aliphatic rings. The molecule has 1 saturated heterocycles. The number of carbonyl (C=O) groups is 3. The normalized spacial score (nSPS) is 19.4. The molecule has 0 radical (unpaired) electrons. The molecule has 2 aromatic rings. The zero-order valence-corrected chi connectivity index (χ0v) is 21.5. The number of carbonyl (C=O) groups excluding carboxylic acids is 3. The molecule has 0 spiro atoms. The lowest BCUT2D eigenvalue weighted by Gasteiger charge is -2.46. The maximum absolute atomic E-state index is 14.2. The van der Waals surface area contributed by atoms with Crippen molar-refractivity contribution in [3.05, 3.63) is 71.3 Å². The highest BCUT2D eigenvalue weighted by Gasteiger charge is 2.57. The highest BCUT2D eigenvalue weighted by Crippen LogP contribution is 2.36. The van der Waals surface area contributed by atoms with Crippen molar-refractivity contribution in [2.45, 2.75) is 32.0 Å². The summed E-state index contributed by atoms with van der Waals surface area (Å²) in [5.41, 5.74) is -0.0863. The summed E-state index contributed by atoms with van der Waals surface area (Å²) >= 11 is 0. The summed E-state index contributed by atoms with van der Waals surface area (Å²) in [5, 5.41) is 10.2. The van der Waals surface area contributed by atoms with Gasteiger partial charge >= 0.3 is 5.97 Å². The van der Waals surface area contributed by atoms with Crippen LogP contribution in [0.5, 0.6) is 0 Å². The summed E-state index contributed by atoms with van der Waals surface area (Å²) in [6, 6.07) is 16.2. The number of hydrogen-bond donors (Lipinski definition) is 3. The Bertz CT molecular complexity index is 1030.